The summed E-state index contributed by atoms with van der Waals surface area (Å²) >= 11 is 6.45. The number of aliphatic hydroxyl groups is 1. The number of hydrogen-bond acceptors (Lipinski definition) is 9. The molecule has 1 aliphatic heterocycles. The third-order valence-corrected chi connectivity index (χ3v) is 11.1. The number of carbonyl (C=O) groups excluding carboxylic acids is 1. The van der Waals surface area contributed by atoms with Crippen LogP contribution in [-0.4, -0.2) is 75.1 Å². The van der Waals surface area contributed by atoms with Gasteiger partial charge in [0.05, 0.1) is 29.8 Å². The van der Waals surface area contributed by atoms with Gasteiger partial charge in [-0.2, -0.15) is 4.31 Å². The van der Waals surface area contributed by atoms with E-state index < -0.39 is 51.6 Å². The molecule has 2 heterocycles. The van der Waals surface area contributed by atoms with E-state index in [0.717, 1.165) is 14.7 Å². The molecule has 0 radical (unpaired) electrons. The first kappa shape index (κ1) is 38.7. The second-order valence-electron chi connectivity index (χ2n) is 13.8. The fraction of sp³-hybridized carbons (Fsp3) is 0.405. The fourth-order valence-electron chi connectivity index (χ4n) is 6.21. The van der Waals surface area contributed by atoms with Crippen LogP contribution in [0, 0.1) is 18.8 Å². The third-order valence-electron chi connectivity index (χ3n) is 8.91. The number of benzene rings is 3. The number of imidazole rings is 1. The number of aromatic hydroxyl groups is 2. The number of fused-ring (bicyclic) bond motifs is 1. The first-order chi connectivity index (χ1) is 24.6. The molecule has 5 rings (SSSR count). The summed E-state index contributed by atoms with van der Waals surface area (Å²) in [6.45, 7) is 8.45. The Hall–Kier alpha value is -4.50. The number of phenolic OH excluding ortho intramolecular Hbond substituents is 1. The standard InChI is InChI=1S/C37H45ClN4O9S/c1-22(2)17-40(52(48,49)27-11-12-30(43)24(5)13-27)19-31(44)29(14-25-9-7-6-8-10-25)39-36(46)35(23(3)4)42-20-34(45)41(37(42)47)18-26-15-32-33(16-28(26)38)51-21-50-32/h6-13,15-16,20,22-23,29,31,35,43-45H,14,17-19,21H2,1-5H3,(H,39,46)/t29-,31+,35-/m0/s1. The molecule has 280 valence electrons. The molecule has 1 amide bonds. The maximum atomic E-state index is 14.2. The van der Waals surface area contributed by atoms with Gasteiger partial charge in [0, 0.05) is 24.2 Å². The van der Waals surface area contributed by atoms with Crippen LogP contribution < -0.4 is 20.5 Å². The Balaban J connectivity index is 1.44. The molecule has 0 saturated carbocycles. The van der Waals surface area contributed by atoms with Gasteiger partial charge in [-0.1, -0.05) is 69.6 Å². The van der Waals surface area contributed by atoms with Gasteiger partial charge in [-0.3, -0.25) is 13.9 Å². The van der Waals surface area contributed by atoms with Gasteiger partial charge in [0.25, 0.3) is 0 Å². The minimum absolute atomic E-state index is 0.0333. The zero-order chi connectivity index (χ0) is 37.9. The number of aromatic nitrogens is 2. The van der Waals surface area contributed by atoms with Gasteiger partial charge >= 0.3 is 5.69 Å². The van der Waals surface area contributed by atoms with E-state index in [9.17, 15) is 33.3 Å². The summed E-state index contributed by atoms with van der Waals surface area (Å²) in [4.78, 5) is 27.9. The number of rotatable bonds is 15. The number of phenols is 1. The number of nitrogens with one attached hydrogen (secondary N) is 1. The quantitative estimate of drug-likeness (QED) is 0.137. The molecule has 0 spiro atoms. The lowest BCUT2D eigenvalue weighted by Gasteiger charge is -2.32. The van der Waals surface area contributed by atoms with Crippen LogP contribution in [0.4, 0.5) is 0 Å². The summed E-state index contributed by atoms with van der Waals surface area (Å²) in [5, 5.41) is 35.9. The van der Waals surface area contributed by atoms with Gasteiger partial charge in [0.2, 0.25) is 28.6 Å². The average Bonchev–Trinajstić information content (AvgIpc) is 3.64. The van der Waals surface area contributed by atoms with Gasteiger partial charge in [0.1, 0.15) is 11.8 Å². The summed E-state index contributed by atoms with van der Waals surface area (Å²) in [5.41, 5.74) is 0.982. The number of nitrogens with zero attached hydrogens (tertiary/aromatic N) is 3. The van der Waals surface area contributed by atoms with Crippen molar-refractivity contribution in [3.63, 3.8) is 0 Å². The first-order valence-corrected chi connectivity index (χ1v) is 18.8. The van der Waals surface area contributed by atoms with E-state index in [1.54, 1.807) is 32.9 Å². The van der Waals surface area contributed by atoms with Crippen molar-refractivity contribution in [2.75, 3.05) is 19.9 Å². The van der Waals surface area contributed by atoms with Crippen LogP contribution in [0.15, 0.2) is 76.6 Å². The molecule has 1 aliphatic rings. The van der Waals surface area contributed by atoms with Crippen LogP contribution in [0.1, 0.15) is 50.4 Å². The molecule has 15 heteroatoms. The monoisotopic (exact) mass is 756 g/mol. The second-order valence-corrected chi connectivity index (χ2v) is 16.1. The number of carbonyl (C=O) groups is 1. The lowest BCUT2D eigenvalue weighted by Crippen LogP contribution is -2.53. The number of hydrogen-bond donors (Lipinski definition) is 4. The topological polar surface area (TPSA) is 173 Å². The second kappa shape index (κ2) is 16.0. The molecule has 3 aromatic carbocycles. The van der Waals surface area contributed by atoms with Gasteiger partial charge in [-0.15, -0.1) is 0 Å². The van der Waals surface area contributed by atoms with E-state index in [2.05, 4.69) is 5.32 Å². The summed E-state index contributed by atoms with van der Waals surface area (Å²) in [6.07, 6.45) is -0.0466. The van der Waals surface area contributed by atoms with Crippen molar-refractivity contribution in [2.45, 2.75) is 70.7 Å². The minimum Gasteiger partial charge on any atom is -0.508 e. The van der Waals surface area contributed by atoms with Gasteiger partial charge in [0.15, 0.2) is 11.5 Å². The predicted molar refractivity (Wildman–Crippen MR) is 195 cm³/mol. The van der Waals surface area contributed by atoms with E-state index >= 15 is 0 Å². The van der Waals surface area contributed by atoms with Crippen LogP contribution in [0.3, 0.4) is 0 Å². The number of ether oxygens (including phenoxy) is 2. The molecule has 0 bridgehead atoms. The Kier molecular flexibility index (Phi) is 11.9. The summed E-state index contributed by atoms with van der Waals surface area (Å²) in [5.74, 6) is -0.686. The lowest BCUT2D eigenvalue weighted by molar-refractivity contribution is -0.127. The summed E-state index contributed by atoms with van der Waals surface area (Å²) in [7, 11) is -4.13. The van der Waals surface area contributed by atoms with Crippen LogP contribution in [0.5, 0.6) is 23.1 Å². The highest BCUT2D eigenvalue weighted by atomic mass is 35.5. The van der Waals surface area contributed by atoms with E-state index in [1.165, 1.54) is 28.7 Å². The predicted octanol–water partition coefficient (Wildman–Crippen LogP) is 4.43. The Morgan fingerprint density at radius 3 is 2.31 bits per heavy atom. The molecule has 4 N–H and O–H groups in total. The van der Waals surface area contributed by atoms with E-state index in [1.807, 2.05) is 44.2 Å². The minimum atomic E-state index is -4.13. The number of halogens is 1. The Morgan fingerprint density at radius 1 is 1.00 bits per heavy atom. The highest BCUT2D eigenvalue weighted by molar-refractivity contribution is 7.89. The number of amides is 1. The van der Waals surface area contributed by atoms with E-state index in [-0.39, 0.29) is 49.4 Å². The smallest absolute Gasteiger partial charge is 0.332 e. The molecule has 13 nitrogen and oxygen atoms in total. The van der Waals surface area contributed by atoms with Crippen LogP contribution in [0.2, 0.25) is 5.02 Å². The number of sulfonamides is 1. The first-order valence-electron chi connectivity index (χ1n) is 17.0. The molecular formula is C37H45ClN4O9S. The molecule has 0 saturated heterocycles. The Bertz CT molecular complexity index is 2060. The van der Waals surface area contributed by atoms with Crippen LogP contribution >= 0.6 is 11.6 Å². The molecule has 0 fully saturated rings. The van der Waals surface area contributed by atoms with Crippen molar-refractivity contribution in [2.24, 2.45) is 11.8 Å². The van der Waals surface area contributed by atoms with E-state index in [0.29, 0.717) is 27.6 Å². The summed E-state index contributed by atoms with van der Waals surface area (Å²) < 4.78 is 42.0. The molecule has 1 aromatic heterocycles. The van der Waals surface area contributed by atoms with Crippen LogP contribution in [-0.2, 0) is 27.8 Å². The Labute approximate surface area is 308 Å². The normalized spacial score (nSPS) is 14.6. The maximum absolute atomic E-state index is 14.2. The zero-order valence-electron chi connectivity index (χ0n) is 29.7. The van der Waals surface area contributed by atoms with Crippen molar-refractivity contribution in [3.8, 4) is 23.1 Å². The largest absolute Gasteiger partial charge is 0.508 e. The van der Waals surface area contributed by atoms with Crippen LogP contribution in [0.25, 0.3) is 0 Å². The molecule has 0 unspecified atom stereocenters. The summed E-state index contributed by atoms with van der Waals surface area (Å²) in [6, 6.07) is 14.2. The number of aliphatic hydroxyl groups excluding tert-OH is 1. The van der Waals surface area contributed by atoms with Crippen molar-refractivity contribution in [1.82, 2.24) is 18.8 Å². The lowest BCUT2D eigenvalue weighted by atomic mass is 9.98. The highest BCUT2D eigenvalue weighted by Gasteiger charge is 2.35. The van der Waals surface area contributed by atoms with Crippen molar-refractivity contribution in [3.05, 3.63) is 99.1 Å². The van der Waals surface area contributed by atoms with E-state index in [4.69, 9.17) is 21.1 Å². The molecule has 4 aromatic rings. The van der Waals surface area contributed by atoms with Crippen molar-refractivity contribution in [1.29, 1.82) is 0 Å². The third kappa shape index (κ3) is 8.58. The maximum Gasteiger partial charge on any atom is 0.332 e. The fourth-order valence-corrected chi connectivity index (χ4v) is 8.13. The molecular weight excluding hydrogens is 712 g/mol. The molecule has 3 atom stereocenters. The molecule has 52 heavy (non-hydrogen) atoms. The van der Waals surface area contributed by atoms with Gasteiger partial charge in [-0.25, -0.2) is 13.2 Å². The van der Waals surface area contributed by atoms with Gasteiger partial charge in [-0.05, 0) is 66.1 Å². The zero-order valence-corrected chi connectivity index (χ0v) is 31.3. The Morgan fingerprint density at radius 2 is 1.67 bits per heavy atom. The number of aryl methyl sites for hydroxylation is 1. The van der Waals surface area contributed by atoms with Crippen molar-refractivity contribution < 1.29 is 38.0 Å². The highest BCUT2D eigenvalue weighted by Crippen LogP contribution is 2.37. The van der Waals surface area contributed by atoms with Crippen molar-refractivity contribution >= 4 is 27.5 Å². The average molecular weight is 757 g/mol. The molecule has 0 aliphatic carbocycles. The van der Waals surface area contributed by atoms with Gasteiger partial charge < -0.3 is 30.1 Å². The SMILES string of the molecule is Cc1cc(S(=O)(=O)N(CC(C)C)C[C@@H](O)[C@H](Cc2ccccc2)NC(=O)[C@H](C(C)C)n2cc(O)n(Cc3cc4c(cc3Cl)OCO4)c2=O)ccc1O.